The largest absolute Gasteiger partial charge is 0.446 e. The highest BCUT2D eigenvalue weighted by Gasteiger charge is 2.32. The molecule has 4 N–H and O–H groups in total. The SMILES string of the molecule is CC(C)(c1ccc(CC(=O)NCCN2CCC(OC(=O)Nc3ccccc3-c3ccccc3)CC2)cc1)N1CCN(C(N)=O)CC1. The molecule has 46 heavy (non-hydrogen) atoms. The summed E-state index contributed by atoms with van der Waals surface area (Å²) in [6.07, 6.45) is 1.27. The predicted octanol–water partition coefficient (Wildman–Crippen LogP) is 4.66. The number of piperidine rings is 1. The lowest BCUT2D eigenvalue weighted by Gasteiger charge is -2.44. The van der Waals surface area contributed by atoms with E-state index in [0.717, 1.165) is 67.9 Å². The second-order valence-electron chi connectivity index (χ2n) is 12.6. The van der Waals surface area contributed by atoms with Crippen LogP contribution in [0.15, 0.2) is 78.9 Å². The van der Waals surface area contributed by atoms with Crippen LogP contribution in [0.5, 0.6) is 0 Å². The van der Waals surface area contributed by atoms with Gasteiger partial charge in [0.05, 0.1) is 12.1 Å². The van der Waals surface area contributed by atoms with Crippen molar-refractivity contribution in [1.82, 2.24) is 20.0 Å². The third-order valence-electron chi connectivity index (χ3n) is 9.21. The van der Waals surface area contributed by atoms with Gasteiger partial charge in [0.25, 0.3) is 0 Å². The van der Waals surface area contributed by atoms with Crippen LogP contribution >= 0.6 is 0 Å². The third kappa shape index (κ3) is 8.64. The summed E-state index contributed by atoms with van der Waals surface area (Å²) >= 11 is 0. The molecule has 0 aromatic heterocycles. The molecule has 3 aromatic carbocycles. The predicted molar refractivity (Wildman–Crippen MR) is 180 cm³/mol. The maximum atomic E-state index is 12.7. The van der Waals surface area contributed by atoms with Crippen LogP contribution in [0.25, 0.3) is 11.1 Å². The Labute approximate surface area is 271 Å². The monoisotopic (exact) mass is 626 g/mol. The van der Waals surface area contributed by atoms with Crippen LogP contribution in [0.1, 0.15) is 37.8 Å². The first-order valence-electron chi connectivity index (χ1n) is 16.2. The number of piperazine rings is 1. The Morgan fingerprint density at radius 3 is 2.17 bits per heavy atom. The standard InChI is InChI=1S/C36H46N6O4/c1-36(2,42-24-22-41(23-25-42)34(37)44)29-14-12-27(13-15-29)26-33(43)38-18-21-40-19-16-30(17-20-40)46-35(45)39-32-11-7-6-10-31(32)28-8-4-3-5-9-28/h3-15,30H,16-26H2,1-2H3,(H2,37,44)(H,38,43)(H,39,45). The fraction of sp³-hybridized carbons (Fsp3) is 0.417. The van der Waals surface area contributed by atoms with E-state index in [0.29, 0.717) is 26.1 Å². The van der Waals surface area contributed by atoms with Gasteiger partial charge in [-0.15, -0.1) is 0 Å². The van der Waals surface area contributed by atoms with E-state index in [4.69, 9.17) is 10.5 Å². The number of nitrogens with zero attached hydrogens (tertiary/aromatic N) is 3. The number of anilines is 1. The van der Waals surface area contributed by atoms with Crippen molar-refractivity contribution in [2.45, 2.75) is 44.8 Å². The molecule has 2 aliphatic heterocycles. The molecular formula is C36H46N6O4. The average Bonchev–Trinajstić information content (AvgIpc) is 3.06. The minimum absolute atomic E-state index is 0.000239. The molecule has 0 spiro atoms. The van der Waals surface area contributed by atoms with Crippen molar-refractivity contribution in [2.24, 2.45) is 5.73 Å². The Morgan fingerprint density at radius 1 is 0.848 bits per heavy atom. The highest BCUT2D eigenvalue weighted by atomic mass is 16.6. The van der Waals surface area contributed by atoms with Crippen molar-refractivity contribution in [3.63, 3.8) is 0 Å². The van der Waals surface area contributed by atoms with Crippen LogP contribution in [0.4, 0.5) is 15.3 Å². The Kier molecular flexibility index (Phi) is 10.9. The average molecular weight is 627 g/mol. The molecule has 244 valence electrons. The zero-order valence-electron chi connectivity index (χ0n) is 26.9. The third-order valence-corrected chi connectivity index (χ3v) is 9.21. The minimum atomic E-state index is -0.436. The summed E-state index contributed by atoms with van der Waals surface area (Å²) in [5, 5.41) is 5.98. The molecule has 0 unspecified atom stereocenters. The zero-order chi connectivity index (χ0) is 32.5. The topological polar surface area (TPSA) is 120 Å². The first kappa shape index (κ1) is 33.0. The van der Waals surface area contributed by atoms with E-state index >= 15 is 0 Å². The number of carbonyl (C=O) groups excluding carboxylic acids is 3. The lowest BCUT2D eigenvalue weighted by Crippen LogP contribution is -2.55. The number of likely N-dealkylation sites (tertiary alicyclic amines) is 1. The summed E-state index contributed by atoms with van der Waals surface area (Å²) in [6, 6.07) is 25.6. The molecule has 3 aromatic rings. The number of amides is 4. The molecular weight excluding hydrogens is 580 g/mol. The number of nitrogens with two attached hydrogens (primary N) is 1. The van der Waals surface area contributed by atoms with E-state index < -0.39 is 6.09 Å². The summed E-state index contributed by atoms with van der Waals surface area (Å²) in [5.41, 5.74) is 10.1. The molecule has 2 aliphatic rings. The van der Waals surface area contributed by atoms with Gasteiger partial charge < -0.3 is 25.6 Å². The van der Waals surface area contributed by atoms with Gasteiger partial charge in [-0.25, -0.2) is 9.59 Å². The molecule has 0 atom stereocenters. The normalized spacial score (nSPS) is 16.5. The molecule has 0 radical (unpaired) electrons. The Bertz CT molecular complexity index is 1460. The van der Waals surface area contributed by atoms with Crippen molar-refractivity contribution in [3.8, 4) is 11.1 Å². The van der Waals surface area contributed by atoms with Gasteiger partial charge in [-0.2, -0.15) is 0 Å². The molecule has 10 heteroatoms. The van der Waals surface area contributed by atoms with E-state index in [-0.39, 0.29) is 23.6 Å². The van der Waals surface area contributed by atoms with Gasteiger partial charge in [-0.05, 0) is 49.4 Å². The number of urea groups is 1. The van der Waals surface area contributed by atoms with Gasteiger partial charge >= 0.3 is 12.1 Å². The van der Waals surface area contributed by atoms with Crippen molar-refractivity contribution in [2.75, 3.05) is 57.7 Å². The maximum Gasteiger partial charge on any atom is 0.411 e. The lowest BCUT2D eigenvalue weighted by molar-refractivity contribution is -0.120. The van der Waals surface area contributed by atoms with Crippen LogP contribution < -0.4 is 16.4 Å². The Morgan fingerprint density at radius 2 is 1.50 bits per heavy atom. The van der Waals surface area contributed by atoms with Crippen LogP contribution in [0, 0.1) is 0 Å². The van der Waals surface area contributed by atoms with Crippen LogP contribution in [-0.2, 0) is 21.5 Å². The van der Waals surface area contributed by atoms with E-state index in [2.05, 4.69) is 46.4 Å². The van der Waals surface area contributed by atoms with Gasteiger partial charge in [0.2, 0.25) is 5.91 Å². The number of ether oxygens (including phenoxy) is 1. The summed E-state index contributed by atoms with van der Waals surface area (Å²) < 4.78 is 5.75. The number of benzene rings is 3. The first-order chi connectivity index (χ1) is 22.2. The van der Waals surface area contributed by atoms with Gasteiger partial charge in [0, 0.05) is 63.5 Å². The van der Waals surface area contributed by atoms with E-state index in [1.807, 2.05) is 66.7 Å². The van der Waals surface area contributed by atoms with Crippen molar-refractivity contribution >= 4 is 23.7 Å². The van der Waals surface area contributed by atoms with E-state index in [1.165, 1.54) is 5.56 Å². The highest BCUT2D eigenvalue weighted by Crippen LogP contribution is 2.30. The molecule has 10 nitrogen and oxygen atoms in total. The lowest BCUT2D eigenvalue weighted by atomic mass is 9.90. The van der Waals surface area contributed by atoms with Gasteiger partial charge in [-0.1, -0.05) is 72.8 Å². The number of hydrogen-bond donors (Lipinski definition) is 3. The summed E-state index contributed by atoms with van der Waals surface area (Å²) in [7, 11) is 0. The summed E-state index contributed by atoms with van der Waals surface area (Å²) in [4.78, 5) is 43.2. The van der Waals surface area contributed by atoms with E-state index in [1.54, 1.807) is 4.90 Å². The van der Waals surface area contributed by atoms with Crippen LogP contribution in [0.2, 0.25) is 0 Å². The van der Waals surface area contributed by atoms with Gasteiger partial charge in [0.15, 0.2) is 0 Å². The zero-order valence-corrected chi connectivity index (χ0v) is 26.9. The number of nitrogens with one attached hydrogen (secondary N) is 2. The smallest absolute Gasteiger partial charge is 0.411 e. The van der Waals surface area contributed by atoms with Crippen LogP contribution in [-0.4, -0.2) is 91.2 Å². The molecule has 0 saturated carbocycles. The molecule has 2 fully saturated rings. The molecule has 0 bridgehead atoms. The molecule has 2 saturated heterocycles. The minimum Gasteiger partial charge on any atom is -0.446 e. The van der Waals surface area contributed by atoms with Crippen molar-refractivity contribution < 1.29 is 19.1 Å². The molecule has 0 aliphatic carbocycles. The Balaban J connectivity index is 0.992. The van der Waals surface area contributed by atoms with Gasteiger partial charge in [0.1, 0.15) is 6.10 Å². The Hall–Kier alpha value is -4.41. The number of para-hydroxylation sites is 1. The number of hydrogen-bond acceptors (Lipinski definition) is 6. The second kappa shape index (κ2) is 15.2. The summed E-state index contributed by atoms with van der Waals surface area (Å²) in [5.74, 6) is 0.000239. The maximum absolute atomic E-state index is 12.7. The first-order valence-corrected chi connectivity index (χ1v) is 16.2. The second-order valence-corrected chi connectivity index (χ2v) is 12.6. The fourth-order valence-corrected chi connectivity index (χ4v) is 6.30. The van der Waals surface area contributed by atoms with E-state index in [9.17, 15) is 14.4 Å². The van der Waals surface area contributed by atoms with Gasteiger partial charge in [-0.3, -0.25) is 15.0 Å². The van der Waals surface area contributed by atoms with Crippen molar-refractivity contribution in [1.29, 1.82) is 0 Å². The highest BCUT2D eigenvalue weighted by molar-refractivity contribution is 5.91. The van der Waals surface area contributed by atoms with Crippen molar-refractivity contribution in [3.05, 3.63) is 90.0 Å². The number of carbonyl (C=O) groups is 3. The number of rotatable bonds is 10. The number of primary amides is 1. The quantitative estimate of drug-likeness (QED) is 0.301. The summed E-state index contributed by atoms with van der Waals surface area (Å²) in [6.45, 7) is 10.1. The fourth-order valence-electron chi connectivity index (χ4n) is 6.30. The molecule has 5 rings (SSSR count). The molecule has 2 heterocycles. The molecule has 4 amide bonds. The van der Waals surface area contributed by atoms with Crippen LogP contribution in [0.3, 0.4) is 0 Å².